The zero-order valence-corrected chi connectivity index (χ0v) is 10.7. The van der Waals surface area contributed by atoms with Crippen LogP contribution in [-0.4, -0.2) is 18.0 Å². The zero-order valence-electron chi connectivity index (χ0n) is 9.84. The number of carbonyl (C=O) groups excluding carboxylic acids is 1. The van der Waals surface area contributed by atoms with E-state index in [-0.39, 0.29) is 5.91 Å². The highest BCUT2D eigenvalue weighted by molar-refractivity contribution is 7.07. The van der Waals surface area contributed by atoms with Crippen molar-refractivity contribution in [1.29, 1.82) is 0 Å². The molecule has 0 radical (unpaired) electrons. The number of hydrogen-bond donors (Lipinski definition) is 2. The van der Waals surface area contributed by atoms with Gasteiger partial charge in [-0.3, -0.25) is 4.79 Å². The molecule has 18 heavy (non-hydrogen) atoms. The van der Waals surface area contributed by atoms with E-state index in [9.17, 15) is 4.79 Å². The minimum atomic E-state index is -0.266. The highest BCUT2D eigenvalue weighted by Crippen LogP contribution is 2.23. The Morgan fingerprint density at radius 1 is 1.56 bits per heavy atom. The van der Waals surface area contributed by atoms with Crippen LogP contribution in [0.25, 0.3) is 0 Å². The summed E-state index contributed by atoms with van der Waals surface area (Å²) in [7, 11) is 1.51. The number of anilines is 1. The molecule has 1 heterocycles. The maximum Gasteiger partial charge on any atom is 0.257 e. The first-order valence-corrected chi connectivity index (χ1v) is 6.24. The minimum Gasteiger partial charge on any atom is -0.496 e. The molecular formula is C12H13N3O2S. The number of nitrogen functional groups attached to an aromatic ring is 1. The van der Waals surface area contributed by atoms with Crippen LogP contribution in [0.15, 0.2) is 29.1 Å². The molecule has 0 bridgehead atoms. The molecule has 6 heteroatoms. The average molecular weight is 263 g/mol. The third-order valence-corrected chi connectivity index (χ3v) is 3.05. The van der Waals surface area contributed by atoms with Crippen LogP contribution in [0.1, 0.15) is 16.1 Å². The molecule has 0 aliphatic carbocycles. The van der Waals surface area contributed by atoms with Crippen LogP contribution in [0, 0.1) is 0 Å². The molecule has 0 aliphatic heterocycles. The summed E-state index contributed by atoms with van der Waals surface area (Å²) in [6.45, 7) is 0.375. The fourth-order valence-corrected chi connectivity index (χ4v) is 2.10. The van der Waals surface area contributed by atoms with Crippen LogP contribution >= 0.6 is 11.3 Å². The molecule has 94 valence electrons. The van der Waals surface area contributed by atoms with Crippen LogP contribution < -0.4 is 15.8 Å². The van der Waals surface area contributed by atoms with E-state index in [2.05, 4.69) is 10.3 Å². The van der Waals surface area contributed by atoms with Crippen LogP contribution in [0.2, 0.25) is 0 Å². The Morgan fingerprint density at radius 2 is 2.39 bits per heavy atom. The van der Waals surface area contributed by atoms with Gasteiger partial charge in [-0.25, -0.2) is 4.98 Å². The van der Waals surface area contributed by atoms with Gasteiger partial charge in [-0.2, -0.15) is 0 Å². The Labute approximate surface area is 109 Å². The molecule has 0 aliphatic rings. The molecule has 0 saturated carbocycles. The van der Waals surface area contributed by atoms with Gasteiger partial charge in [0.2, 0.25) is 0 Å². The van der Waals surface area contributed by atoms with Crippen molar-refractivity contribution in [2.24, 2.45) is 0 Å². The number of nitrogens with one attached hydrogen (secondary N) is 1. The number of nitrogens with zero attached hydrogens (tertiary/aromatic N) is 1. The van der Waals surface area contributed by atoms with Gasteiger partial charge in [0.15, 0.2) is 0 Å². The van der Waals surface area contributed by atoms with Gasteiger partial charge in [0.25, 0.3) is 5.91 Å². The lowest BCUT2D eigenvalue weighted by molar-refractivity contribution is 0.0948. The lowest BCUT2D eigenvalue weighted by Gasteiger charge is -2.10. The van der Waals surface area contributed by atoms with Crippen molar-refractivity contribution in [1.82, 2.24) is 10.3 Å². The molecule has 1 aromatic carbocycles. The lowest BCUT2D eigenvalue weighted by Crippen LogP contribution is -2.24. The number of aromatic nitrogens is 1. The number of hydrogen-bond acceptors (Lipinski definition) is 5. The van der Waals surface area contributed by atoms with Crippen molar-refractivity contribution in [3.05, 3.63) is 40.3 Å². The molecule has 5 nitrogen and oxygen atoms in total. The van der Waals surface area contributed by atoms with Gasteiger partial charge in [-0.05, 0) is 12.1 Å². The average Bonchev–Trinajstić information content (AvgIpc) is 2.88. The van der Waals surface area contributed by atoms with Gasteiger partial charge < -0.3 is 15.8 Å². The van der Waals surface area contributed by atoms with Crippen molar-refractivity contribution >= 4 is 22.9 Å². The minimum absolute atomic E-state index is 0.266. The molecule has 0 saturated heterocycles. The highest BCUT2D eigenvalue weighted by atomic mass is 32.1. The third kappa shape index (κ3) is 2.60. The summed E-state index contributed by atoms with van der Waals surface area (Å²) in [5.74, 6) is 0.198. The third-order valence-electron chi connectivity index (χ3n) is 2.42. The normalized spacial score (nSPS) is 10.1. The Balaban J connectivity index is 2.13. The van der Waals surface area contributed by atoms with E-state index in [0.29, 0.717) is 23.5 Å². The first-order chi connectivity index (χ1) is 8.72. The fraction of sp³-hybridized carbons (Fsp3) is 0.167. The predicted octanol–water partition coefficient (Wildman–Crippen LogP) is 1.66. The SMILES string of the molecule is COc1cccc(N)c1C(=O)NCc1cscn1. The second-order valence-electron chi connectivity index (χ2n) is 3.59. The van der Waals surface area contributed by atoms with Gasteiger partial charge in [0.05, 0.1) is 24.9 Å². The number of carbonyl (C=O) groups is 1. The maximum absolute atomic E-state index is 12.0. The smallest absolute Gasteiger partial charge is 0.257 e. The second-order valence-corrected chi connectivity index (χ2v) is 4.31. The van der Waals surface area contributed by atoms with Crippen molar-refractivity contribution in [2.45, 2.75) is 6.54 Å². The van der Waals surface area contributed by atoms with Gasteiger partial charge in [-0.15, -0.1) is 11.3 Å². The summed E-state index contributed by atoms with van der Waals surface area (Å²) in [6, 6.07) is 5.11. The molecule has 1 amide bonds. The molecule has 3 N–H and O–H groups in total. The van der Waals surface area contributed by atoms with Crippen molar-refractivity contribution in [3.8, 4) is 5.75 Å². The Kier molecular flexibility index (Phi) is 3.78. The number of benzene rings is 1. The summed E-state index contributed by atoms with van der Waals surface area (Å²) in [6.07, 6.45) is 0. The summed E-state index contributed by atoms with van der Waals surface area (Å²) < 4.78 is 5.13. The van der Waals surface area contributed by atoms with E-state index in [4.69, 9.17) is 10.5 Å². The highest BCUT2D eigenvalue weighted by Gasteiger charge is 2.15. The second kappa shape index (κ2) is 5.50. The number of methoxy groups -OCH3 is 1. The Bertz CT molecular complexity index is 540. The van der Waals surface area contributed by atoms with E-state index in [1.54, 1.807) is 23.7 Å². The van der Waals surface area contributed by atoms with E-state index < -0.39 is 0 Å². The summed E-state index contributed by atoms with van der Waals surface area (Å²) in [5.41, 5.74) is 9.09. The molecular weight excluding hydrogens is 250 g/mol. The standard InChI is InChI=1S/C12H13N3O2S/c1-17-10-4-2-3-9(13)11(10)12(16)14-5-8-6-18-7-15-8/h2-4,6-7H,5,13H2,1H3,(H,14,16). The fourth-order valence-electron chi connectivity index (χ4n) is 1.55. The van der Waals surface area contributed by atoms with Gasteiger partial charge in [-0.1, -0.05) is 6.07 Å². The van der Waals surface area contributed by atoms with Crippen LogP contribution in [0.3, 0.4) is 0 Å². The van der Waals surface area contributed by atoms with Crippen molar-refractivity contribution in [3.63, 3.8) is 0 Å². The van der Waals surface area contributed by atoms with Crippen LogP contribution in [0.5, 0.6) is 5.75 Å². The van der Waals surface area contributed by atoms with Crippen LogP contribution in [0.4, 0.5) is 5.69 Å². The first kappa shape index (κ1) is 12.4. The number of rotatable bonds is 4. The number of nitrogens with two attached hydrogens (primary N) is 1. The van der Waals surface area contributed by atoms with E-state index in [1.165, 1.54) is 18.4 Å². The number of amides is 1. The molecule has 0 fully saturated rings. The topological polar surface area (TPSA) is 77.2 Å². The lowest BCUT2D eigenvalue weighted by atomic mass is 10.1. The number of ether oxygens (including phenoxy) is 1. The molecule has 0 spiro atoms. The largest absolute Gasteiger partial charge is 0.496 e. The quantitative estimate of drug-likeness (QED) is 0.822. The summed E-state index contributed by atoms with van der Waals surface area (Å²) in [5, 5.41) is 4.64. The molecule has 1 aromatic heterocycles. The number of thiazole rings is 1. The van der Waals surface area contributed by atoms with E-state index >= 15 is 0 Å². The first-order valence-electron chi connectivity index (χ1n) is 5.30. The van der Waals surface area contributed by atoms with Gasteiger partial charge in [0, 0.05) is 11.1 Å². The van der Waals surface area contributed by atoms with E-state index in [1.807, 2.05) is 5.38 Å². The predicted molar refractivity (Wildman–Crippen MR) is 70.7 cm³/mol. The molecule has 2 rings (SSSR count). The Hall–Kier alpha value is -2.08. The summed E-state index contributed by atoms with van der Waals surface area (Å²) in [4.78, 5) is 16.1. The van der Waals surface area contributed by atoms with Gasteiger partial charge >= 0.3 is 0 Å². The monoisotopic (exact) mass is 263 g/mol. The van der Waals surface area contributed by atoms with Crippen molar-refractivity contribution < 1.29 is 9.53 Å². The zero-order chi connectivity index (χ0) is 13.0. The molecule has 0 atom stereocenters. The Morgan fingerprint density at radius 3 is 3.06 bits per heavy atom. The van der Waals surface area contributed by atoms with Crippen molar-refractivity contribution in [2.75, 3.05) is 12.8 Å². The summed E-state index contributed by atoms with van der Waals surface area (Å²) >= 11 is 1.49. The molecule has 2 aromatic rings. The molecule has 0 unspecified atom stereocenters. The van der Waals surface area contributed by atoms with E-state index in [0.717, 1.165) is 5.69 Å². The maximum atomic E-state index is 12.0. The van der Waals surface area contributed by atoms with Gasteiger partial charge in [0.1, 0.15) is 11.3 Å². The van der Waals surface area contributed by atoms with Crippen LogP contribution in [-0.2, 0) is 6.54 Å².